The summed E-state index contributed by atoms with van der Waals surface area (Å²) in [5, 5.41) is 12.6. The normalized spacial score (nSPS) is 22.4. The molecule has 2 fully saturated rings. The van der Waals surface area contributed by atoms with Gasteiger partial charge in [-0.1, -0.05) is 30.4 Å². The van der Waals surface area contributed by atoms with Gasteiger partial charge in [0.25, 0.3) is 11.8 Å². The smallest absolute Gasteiger partial charge is 0.262 e. The van der Waals surface area contributed by atoms with E-state index in [9.17, 15) is 24.3 Å². The first-order chi connectivity index (χ1) is 29.6. The molecule has 9 rings (SSSR count). The maximum Gasteiger partial charge on any atom is 0.262 e. The third kappa shape index (κ3) is 8.70. The molecule has 0 bridgehead atoms. The fraction of sp³-hybridized carbons (Fsp3) is 0.469. The lowest BCUT2D eigenvalue weighted by molar-refractivity contribution is -0.124. The number of carbonyl (C=O) groups is 4. The maximum atomic E-state index is 12.9. The molecule has 5 heterocycles. The molecule has 6 aliphatic rings. The Balaban J connectivity index is 0.000000177. The minimum absolute atomic E-state index is 0.179. The van der Waals surface area contributed by atoms with Crippen LogP contribution in [0.15, 0.2) is 79.2 Å². The number of piperidine rings is 2. The summed E-state index contributed by atoms with van der Waals surface area (Å²) in [4.78, 5) is 66.6. The highest BCUT2D eigenvalue weighted by atomic mass is 16.3. The first kappa shape index (κ1) is 42.2. The van der Waals surface area contributed by atoms with Crippen molar-refractivity contribution in [3.8, 4) is 5.75 Å². The van der Waals surface area contributed by atoms with E-state index in [0.29, 0.717) is 60.7 Å². The van der Waals surface area contributed by atoms with Gasteiger partial charge in [-0.15, -0.1) is 6.58 Å². The van der Waals surface area contributed by atoms with E-state index in [1.54, 1.807) is 18.2 Å². The molecular formula is C49H59N7O5. The Morgan fingerprint density at radius 2 is 1.67 bits per heavy atom. The van der Waals surface area contributed by atoms with Gasteiger partial charge < -0.3 is 25.0 Å². The fourth-order valence-electron chi connectivity index (χ4n) is 10.5. The topological polar surface area (TPSA) is 139 Å². The predicted molar refractivity (Wildman–Crippen MR) is 235 cm³/mol. The molecule has 0 saturated carbocycles. The molecule has 61 heavy (non-hydrogen) atoms. The minimum atomic E-state index is -0.855. The van der Waals surface area contributed by atoms with Gasteiger partial charge in [-0.05, 0) is 148 Å². The molecule has 12 nitrogen and oxygen atoms in total. The predicted octanol–water partition coefficient (Wildman–Crippen LogP) is 6.34. The highest BCUT2D eigenvalue weighted by molar-refractivity contribution is 6.23. The van der Waals surface area contributed by atoms with Crippen molar-refractivity contribution >= 4 is 29.8 Å². The van der Waals surface area contributed by atoms with E-state index < -0.39 is 17.9 Å². The van der Waals surface area contributed by atoms with E-state index in [0.717, 1.165) is 72.6 Å². The number of aldehydes is 1. The summed E-state index contributed by atoms with van der Waals surface area (Å²) >= 11 is 0. The zero-order chi connectivity index (χ0) is 42.7. The number of allylic oxidation sites excluding steroid dienone is 5. The molecule has 2 saturated heterocycles. The molecule has 12 heteroatoms. The van der Waals surface area contributed by atoms with E-state index >= 15 is 0 Å². The Kier molecular flexibility index (Phi) is 12.6. The molecule has 4 aliphatic heterocycles. The summed E-state index contributed by atoms with van der Waals surface area (Å²) in [6, 6.07) is 8.47. The van der Waals surface area contributed by atoms with Gasteiger partial charge in [0.15, 0.2) is 0 Å². The van der Waals surface area contributed by atoms with Gasteiger partial charge in [0.2, 0.25) is 5.91 Å². The van der Waals surface area contributed by atoms with Crippen LogP contribution in [0.1, 0.15) is 112 Å². The second-order valence-electron chi connectivity index (χ2n) is 17.8. The minimum Gasteiger partial charge on any atom is -0.508 e. The average molecular weight is 826 g/mol. The lowest BCUT2D eigenvalue weighted by atomic mass is 9.69. The van der Waals surface area contributed by atoms with Gasteiger partial charge in [0.05, 0.1) is 35.8 Å². The molecule has 1 aromatic heterocycles. The van der Waals surface area contributed by atoms with Gasteiger partial charge >= 0.3 is 0 Å². The Bertz CT molecular complexity index is 2170. The van der Waals surface area contributed by atoms with Crippen LogP contribution in [-0.4, -0.2) is 107 Å². The van der Waals surface area contributed by atoms with Crippen LogP contribution in [0.2, 0.25) is 0 Å². The number of anilines is 1. The number of phenolic OH excluding ortho intramolecular Hbond substituents is 1. The van der Waals surface area contributed by atoms with E-state index in [1.807, 2.05) is 29.4 Å². The summed E-state index contributed by atoms with van der Waals surface area (Å²) in [6.45, 7) is 9.73. The number of likely N-dealkylation sites (N-methyl/N-ethyl adjacent to an activating group) is 1. The number of aromatic hydroxyl groups is 1. The molecule has 1 spiro atoms. The van der Waals surface area contributed by atoms with Crippen molar-refractivity contribution in [1.29, 1.82) is 0 Å². The standard InChI is InChI=1S/C30H38N4O.C19H21N3O4/c1-33-15-11-30(12-16-33)13-17-34(18-14-30)28-21-31-27(20-32-28)29-25(22-5-3-2-4-6-22)9-7-23-19-24(35)8-10-26(23)29;1-3-4-5-16(17(24)20-2)22-18(25)14-8-12-10-21(6-7-23)11-13(12)9-15(14)19(22)26/h3,5-6,8,10,19-21,25,29,35H,2,4,7,9,11-18H2,1H3;3,7-9,16H,1,4-6,10-11H2,2H3,(H,20,24)/t25-,29+;/m1./s1. The zero-order valence-corrected chi connectivity index (χ0v) is 35.7. The first-order valence-electron chi connectivity index (χ1n) is 22.1. The van der Waals surface area contributed by atoms with Gasteiger partial charge in [-0.3, -0.25) is 29.2 Å². The lowest BCUT2D eigenvalue weighted by Gasteiger charge is -2.46. The van der Waals surface area contributed by atoms with Crippen LogP contribution >= 0.6 is 0 Å². The Hall–Kier alpha value is -5.46. The van der Waals surface area contributed by atoms with Crippen molar-refractivity contribution in [3.05, 3.63) is 118 Å². The van der Waals surface area contributed by atoms with Crippen LogP contribution in [0.25, 0.3) is 0 Å². The monoisotopic (exact) mass is 825 g/mol. The van der Waals surface area contributed by atoms with Gasteiger partial charge in [-0.2, -0.15) is 0 Å². The van der Waals surface area contributed by atoms with Crippen molar-refractivity contribution in [2.45, 2.75) is 89.3 Å². The van der Waals surface area contributed by atoms with Crippen LogP contribution in [-0.2, 0) is 29.1 Å². The van der Waals surface area contributed by atoms with E-state index in [1.165, 1.54) is 62.5 Å². The van der Waals surface area contributed by atoms with Crippen molar-refractivity contribution in [2.75, 3.05) is 51.7 Å². The van der Waals surface area contributed by atoms with Crippen molar-refractivity contribution in [2.24, 2.45) is 11.3 Å². The van der Waals surface area contributed by atoms with Crippen LogP contribution in [0.3, 0.4) is 0 Å². The van der Waals surface area contributed by atoms with Gasteiger partial charge in [-0.25, -0.2) is 4.98 Å². The largest absolute Gasteiger partial charge is 0.508 e. The lowest BCUT2D eigenvalue weighted by Crippen LogP contribution is -2.48. The molecule has 3 atom stereocenters. The fourth-order valence-corrected chi connectivity index (χ4v) is 10.5. The summed E-state index contributed by atoms with van der Waals surface area (Å²) in [5.41, 5.74) is 8.11. The van der Waals surface area contributed by atoms with Crippen LogP contribution in [0, 0.1) is 11.3 Å². The first-order valence-corrected chi connectivity index (χ1v) is 22.1. The number of fused-ring (bicyclic) bond motifs is 3. The van der Waals surface area contributed by atoms with E-state index in [2.05, 4.69) is 53.0 Å². The number of phenols is 1. The number of likely N-dealkylation sites (tertiary alicyclic amines) is 1. The molecular weight excluding hydrogens is 767 g/mol. The van der Waals surface area contributed by atoms with Crippen LogP contribution in [0.4, 0.5) is 5.82 Å². The van der Waals surface area contributed by atoms with Crippen molar-refractivity contribution in [1.82, 2.24) is 30.0 Å². The number of carbonyl (C=O) groups excluding carboxylic acids is 4. The summed E-state index contributed by atoms with van der Waals surface area (Å²) < 4.78 is 0. The zero-order valence-electron chi connectivity index (χ0n) is 35.7. The third-order valence-corrected chi connectivity index (χ3v) is 14.1. The van der Waals surface area contributed by atoms with E-state index in [4.69, 9.17) is 9.97 Å². The maximum absolute atomic E-state index is 12.9. The molecule has 0 radical (unpaired) electrons. The number of amides is 3. The van der Waals surface area contributed by atoms with Gasteiger partial charge in [0, 0.05) is 39.1 Å². The summed E-state index contributed by atoms with van der Waals surface area (Å²) in [7, 11) is 3.73. The number of aromatic nitrogens is 2. The number of hydrogen-bond donors (Lipinski definition) is 2. The third-order valence-electron chi connectivity index (χ3n) is 14.1. The van der Waals surface area contributed by atoms with Gasteiger partial charge in [0.1, 0.15) is 23.9 Å². The highest BCUT2D eigenvalue weighted by Crippen LogP contribution is 2.46. The summed E-state index contributed by atoms with van der Waals surface area (Å²) in [5.74, 6) is 0.699. The molecule has 3 aromatic rings. The number of nitrogens with zero attached hydrogens (tertiary/aromatic N) is 6. The van der Waals surface area contributed by atoms with Crippen LogP contribution < -0.4 is 10.2 Å². The number of hydrogen-bond acceptors (Lipinski definition) is 10. The highest BCUT2D eigenvalue weighted by Gasteiger charge is 2.44. The Labute approximate surface area is 359 Å². The van der Waals surface area contributed by atoms with Crippen LogP contribution in [0.5, 0.6) is 5.75 Å². The Morgan fingerprint density at radius 3 is 2.28 bits per heavy atom. The Morgan fingerprint density at radius 1 is 0.967 bits per heavy atom. The second kappa shape index (κ2) is 18.3. The number of aryl methyl sites for hydroxylation is 1. The molecule has 3 amide bonds. The molecule has 1 unspecified atom stereocenters. The van der Waals surface area contributed by atoms with Crippen molar-refractivity contribution in [3.63, 3.8) is 0 Å². The quantitative estimate of drug-likeness (QED) is 0.135. The molecule has 320 valence electrons. The number of benzene rings is 2. The number of nitrogens with one attached hydrogen (secondary N) is 1. The summed E-state index contributed by atoms with van der Waals surface area (Å²) in [6.07, 6.45) is 24.0. The number of rotatable bonds is 10. The molecule has 2 aliphatic carbocycles. The second-order valence-corrected chi connectivity index (χ2v) is 17.8. The SMILES string of the molecule is C=CCCC(C(=O)NC)N1C(=O)c2cc3c(cc2C1=O)CN(CC=O)C3.CN1CCC2(CC1)CCN(c1cnc([C@@H]3c4ccc(O)cc4CC[C@@H]3C3=CCCC=C3)cn1)CC2. The van der Waals surface area contributed by atoms with Crippen molar-refractivity contribution < 1.29 is 24.3 Å². The average Bonchev–Trinajstić information content (AvgIpc) is 3.80. The molecule has 2 aromatic carbocycles. The van der Waals surface area contributed by atoms with E-state index in [-0.39, 0.29) is 11.8 Å². The molecule has 2 N–H and O–H groups in total. The number of imide groups is 1.